The van der Waals surface area contributed by atoms with Gasteiger partial charge in [-0.05, 0) is 133 Å². The van der Waals surface area contributed by atoms with Crippen molar-refractivity contribution in [2.75, 3.05) is 7.11 Å². The van der Waals surface area contributed by atoms with Crippen molar-refractivity contribution in [3.05, 3.63) is 35.1 Å². The summed E-state index contributed by atoms with van der Waals surface area (Å²) in [5.41, 5.74) is 2.33. The highest BCUT2D eigenvalue weighted by Gasteiger charge is 2.38. The van der Waals surface area contributed by atoms with Crippen molar-refractivity contribution in [3.8, 4) is 0 Å². The van der Waals surface area contributed by atoms with Gasteiger partial charge in [0.05, 0.1) is 6.10 Å². The quantitative estimate of drug-likeness (QED) is 0.541. The molecule has 0 amide bonds. The van der Waals surface area contributed by atoms with Crippen molar-refractivity contribution < 1.29 is 9.13 Å². The van der Waals surface area contributed by atoms with Crippen LogP contribution in [0.5, 0.6) is 0 Å². The molecule has 2 aliphatic carbocycles. The van der Waals surface area contributed by atoms with Crippen LogP contribution in [0.3, 0.4) is 0 Å². The highest BCUT2D eigenvalue weighted by Crippen LogP contribution is 2.45. The standard InChI is InChI=1S/C28H44FNO/c1-27(2)17-23(18-28(3,4)30-27)22-12-15-25(26(29)16-22)21-8-6-19(7-9-21)20-10-13-24(31-5)14-11-20/h12,15-16,19-21,23-24,30H,6-11,13-14,17-18H2,1-5H3. The Labute approximate surface area is 189 Å². The van der Waals surface area contributed by atoms with E-state index in [2.05, 4.69) is 45.1 Å². The van der Waals surface area contributed by atoms with Crippen molar-refractivity contribution in [3.63, 3.8) is 0 Å². The van der Waals surface area contributed by atoms with Crippen LogP contribution in [0.15, 0.2) is 18.2 Å². The van der Waals surface area contributed by atoms with Crippen LogP contribution in [-0.2, 0) is 4.74 Å². The average molecular weight is 430 g/mol. The molecule has 1 saturated heterocycles. The summed E-state index contributed by atoms with van der Waals surface area (Å²) in [5, 5.41) is 3.75. The molecule has 0 spiro atoms. The lowest BCUT2D eigenvalue weighted by Gasteiger charge is -2.46. The topological polar surface area (TPSA) is 21.3 Å². The van der Waals surface area contributed by atoms with E-state index in [1.165, 1.54) is 44.1 Å². The van der Waals surface area contributed by atoms with Crippen LogP contribution < -0.4 is 5.32 Å². The maximum atomic E-state index is 15.3. The third-order valence-electron chi connectivity index (χ3n) is 8.62. The van der Waals surface area contributed by atoms with Crippen molar-refractivity contribution in [2.45, 2.75) is 121 Å². The van der Waals surface area contributed by atoms with Gasteiger partial charge in [-0.2, -0.15) is 0 Å². The molecule has 31 heavy (non-hydrogen) atoms. The first-order valence-corrected chi connectivity index (χ1v) is 12.8. The van der Waals surface area contributed by atoms with Crippen molar-refractivity contribution >= 4 is 0 Å². The molecule has 2 nitrogen and oxygen atoms in total. The Morgan fingerprint density at radius 3 is 1.87 bits per heavy atom. The molecular formula is C28H44FNO. The van der Waals surface area contributed by atoms with E-state index in [0.717, 1.165) is 43.1 Å². The molecule has 0 radical (unpaired) electrons. The number of halogens is 1. The predicted molar refractivity (Wildman–Crippen MR) is 127 cm³/mol. The average Bonchev–Trinajstić information content (AvgIpc) is 2.72. The number of nitrogens with one attached hydrogen (secondary N) is 1. The molecule has 2 saturated carbocycles. The van der Waals surface area contributed by atoms with E-state index >= 15 is 4.39 Å². The van der Waals surface area contributed by atoms with Crippen LogP contribution in [0.1, 0.15) is 115 Å². The van der Waals surface area contributed by atoms with Gasteiger partial charge in [-0.3, -0.25) is 0 Å². The Morgan fingerprint density at radius 1 is 0.806 bits per heavy atom. The minimum Gasteiger partial charge on any atom is -0.381 e. The van der Waals surface area contributed by atoms with E-state index in [1.54, 1.807) is 0 Å². The van der Waals surface area contributed by atoms with E-state index < -0.39 is 0 Å². The van der Waals surface area contributed by atoms with E-state index in [0.29, 0.717) is 17.9 Å². The van der Waals surface area contributed by atoms with Gasteiger partial charge in [-0.25, -0.2) is 4.39 Å². The highest BCUT2D eigenvalue weighted by molar-refractivity contribution is 5.31. The second-order valence-corrected chi connectivity index (χ2v) is 12.2. The van der Waals surface area contributed by atoms with Crippen molar-refractivity contribution in [2.24, 2.45) is 11.8 Å². The van der Waals surface area contributed by atoms with Crippen LogP contribution in [0.25, 0.3) is 0 Å². The molecule has 3 fully saturated rings. The summed E-state index contributed by atoms with van der Waals surface area (Å²) in [6.07, 6.45) is 12.5. The van der Waals surface area contributed by atoms with E-state index in [1.807, 2.05) is 13.2 Å². The summed E-state index contributed by atoms with van der Waals surface area (Å²) in [4.78, 5) is 0. The number of hydrogen-bond donors (Lipinski definition) is 1. The van der Waals surface area contributed by atoms with E-state index in [9.17, 15) is 0 Å². The fraction of sp³-hybridized carbons (Fsp3) is 0.786. The van der Waals surface area contributed by atoms with Gasteiger partial charge >= 0.3 is 0 Å². The monoisotopic (exact) mass is 429 g/mol. The Hall–Kier alpha value is -0.930. The first kappa shape index (κ1) is 23.2. The second kappa shape index (κ2) is 9.14. The molecular weight excluding hydrogens is 385 g/mol. The summed E-state index contributed by atoms with van der Waals surface area (Å²) in [7, 11) is 1.85. The zero-order valence-corrected chi connectivity index (χ0v) is 20.5. The smallest absolute Gasteiger partial charge is 0.126 e. The van der Waals surface area contributed by atoms with Crippen molar-refractivity contribution in [1.29, 1.82) is 0 Å². The molecule has 0 unspecified atom stereocenters. The molecule has 3 heteroatoms. The molecule has 3 aliphatic rings. The zero-order valence-electron chi connectivity index (χ0n) is 20.5. The molecule has 0 bridgehead atoms. The minimum absolute atomic E-state index is 0.0377. The van der Waals surface area contributed by atoms with Crippen molar-refractivity contribution in [1.82, 2.24) is 5.32 Å². The lowest BCUT2D eigenvalue weighted by molar-refractivity contribution is 0.0410. The molecule has 0 atom stereocenters. The number of benzene rings is 1. The largest absolute Gasteiger partial charge is 0.381 e. The molecule has 0 aromatic heterocycles. The Morgan fingerprint density at radius 2 is 1.35 bits per heavy atom. The van der Waals surface area contributed by atoms with Gasteiger partial charge in [0.1, 0.15) is 5.82 Å². The van der Waals surface area contributed by atoms with Gasteiger partial charge < -0.3 is 10.1 Å². The summed E-state index contributed by atoms with van der Waals surface area (Å²) >= 11 is 0. The molecule has 1 aromatic carbocycles. The summed E-state index contributed by atoms with van der Waals surface area (Å²) in [6.45, 7) is 9.08. The van der Waals surface area contributed by atoms with Gasteiger partial charge in [0, 0.05) is 18.2 Å². The number of rotatable bonds is 4. The SMILES string of the molecule is COC1CCC(C2CCC(c3ccc(C4CC(C)(C)NC(C)(C)C4)cc3F)CC2)CC1. The molecule has 1 heterocycles. The first-order chi connectivity index (χ1) is 14.7. The van der Waals surface area contributed by atoms with Gasteiger partial charge in [-0.1, -0.05) is 12.1 Å². The lowest BCUT2D eigenvalue weighted by Crippen LogP contribution is -2.57. The maximum absolute atomic E-state index is 15.3. The Bertz CT molecular complexity index is 725. The number of piperidine rings is 1. The van der Waals surface area contributed by atoms with Gasteiger partial charge in [-0.15, -0.1) is 0 Å². The van der Waals surface area contributed by atoms with Gasteiger partial charge in [0.25, 0.3) is 0 Å². The molecule has 174 valence electrons. The molecule has 1 aliphatic heterocycles. The zero-order chi connectivity index (χ0) is 22.2. The minimum atomic E-state index is 0.0377. The third-order valence-corrected chi connectivity index (χ3v) is 8.62. The first-order valence-electron chi connectivity index (χ1n) is 12.8. The Balaban J connectivity index is 1.37. The second-order valence-electron chi connectivity index (χ2n) is 12.2. The number of methoxy groups -OCH3 is 1. The summed E-state index contributed by atoms with van der Waals surface area (Å²) in [6, 6.07) is 6.23. The van der Waals surface area contributed by atoms with Crippen LogP contribution >= 0.6 is 0 Å². The highest BCUT2D eigenvalue weighted by atomic mass is 19.1. The van der Waals surface area contributed by atoms with Crippen LogP contribution in [0, 0.1) is 17.7 Å². The normalized spacial score (nSPS) is 33.9. The summed E-state index contributed by atoms with van der Waals surface area (Å²) in [5.74, 6) is 2.58. The fourth-order valence-corrected chi connectivity index (χ4v) is 7.38. The van der Waals surface area contributed by atoms with Crippen LogP contribution in [0.4, 0.5) is 4.39 Å². The molecule has 1 aromatic rings. The van der Waals surface area contributed by atoms with Crippen LogP contribution in [0.2, 0.25) is 0 Å². The molecule has 4 rings (SSSR count). The Kier molecular flexibility index (Phi) is 6.85. The third kappa shape index (κ3) is 5.53. The fourth-order valence-electron chi connectivity index (χ4n) is 7.38. The predicted octanol–water partition coefficient (Wildman–Crippen LogP) is 7.33. The van der Waals surface area contributed by atoms with E-state index in [4.69, 9.17) is 4.74 Å². The number of ether oxygens (including phenoxy) is 1. The van der Waals surface area contributed by atoms with Gasteiger partial charge in [0.2, 0.25) is 0 Å². The number of hydrogen-bond acceptors (Lipinski definition) is 2. The molecule has 1 N–H and O–H groups in total. The van der Waals surface area contributed by atoms with E-state index in [-0.39, 0.29) is 16.9 Å². The van der Waals surface area contributed by atoms with Crippen LogP contribution in [-0.4, -0.2) is 24.3 Å². The maximum Gasteiger partial charge on any atom is 0.126 e. The van der Waals surface area contributed by atoms with Gasteiger partial charge in [0.15, 0.2) is 0 Å². The lowest BCUT2D eigenvalue weighted by atomic mass is 9.69. The summed E-state index contributed by atoms with van der Waals surface area (Å²) < 4.78 is 20.8.